The van der Waals surface area contributed by atoms with E-state index in [1.54, 1.807) is 25.3 Å². The number of pyridine rings is 1. The summed E-state index contributed by atoms with van der Waals surface area (Å²) in [7, 11) is -3.92. The lowest BCUT2D eigenvalue weighted by Crippen LogP contribution is -2.17. The van der Waals surface area contributed by atoms with Gasteiger partial charge in [-0.15, -0.1) is 0 Å². The SMILES string of the molecule is CCn1cc(-c2cccc3cc(C(C)=O)cnc23)nc1S(N)(=O)=O. The largest absolute Gasteiger partial charge is 0.320 e. The fraction of sp³-hybridized carbons (Fsp3) is 0.188. The Morgan fingerprint density at radius 1 is 1.33 bits per heavy atom. The first-order valence-corrected chi connectivity index (χ1v) is 8.86. The number of fused-ring (bicyclic) bond motifs is 1. The third kappa shape index (κ3) is 2.81. The van der Waals surface area contributed by atoms with Gasteiger partial charge in [-0.25, -0.2) is 18.5 Å². The quantitative estimate of drug-likeness (QED) is 0.728. The Morgan fingerprint density at radius 3 is 2.67 bits per heavy atom. The Labute approximate surface area is 139 Å². The van der Waals surface area contributed by atoms with Crippen molar-refractivity contribution in [1.29, 1.82) is 0 Å². The van der Waals surface area contributed by atoms with Crippen LogP contribution in [0.1, 0.15) is 24.2 Å². The highest BCUT2D eigenvalue weighted by molar-refractivity contribution is 7.89. The van der Waals surface area contributed by atoms with E-state index in [1.807, 2.05) is 12.1 Å². The number of hydrogen-bond donors (Lipinski definition) is 1. The normalized spacial score (nSPS) is 11.8. The summed E-state index contributed by atoms with van der Waals surface area (Å²) in [6.45, 7) is 3.71. The minimum atomic E-state index is -3.92. The van der Waals surface area contributed by atoms with Crippen molar-refractivity contribution in [2.24, 2.45) is 5.14 Å². The molecule has 2 heterocycles. The van der Waals surface area contributed by atoms with E-state index in [-0.39, 0.29) is 10.9 Å². The number of nitrogens with two attached hydrogens (primary N) is 1. The second-order valence-corrected chi connectivity index (χ2v) is 6.85. The molecule has 124 valence electrons. The van der Waals surface area contributed by atoms with Crippen molar-refractivity contribution >= 4 is 26.7 Å². The van der Waals surface area contributed by atoms with Crippen LogP contribution in [0.15, 0.2) is 41.8 Å². The van der Waals surface area contributed by atoms with Crippen molar-refractivity contribution in [3.63, 3.8) is 0 Å². The van der Waals surface area contributed by atoms with E-state index < -0.39 is 10.0 Å². The number of primary sulfonamides is 1. The lowest BCUT2D eigenvalue weighted by atomic mass is 10.1. The molecule has 0 radical (unpaired) electrons. The number of para-hydroxylation sites is 1. The predicted octanol–water partition coefficient (Wildman–Crippen LogP) is 1.97. The molecule has 0 aliphatic rings. The molecule has 3 rings (SSSR count). The second-order valence-electron chi connectivity index (χ2n) is 5.40. The van der Waals surface area contributed by atoms with Crippen molar-refractivity contribution in [2.45, 2.75) is 25.5 Å². The van der Waals surface area contributed by atoms with E-state index in [1.165, 1.54) is 17.7 Å². The summed E-state index contributed by atoms with van der Waals surface area (Å²) in [6, 6.07) is 7.21. The summed E-state index contributed by atoms with van der Waals surface area (Å²) in [6.07, 6.45) is 3.14. The minimum absolute atomic E-state index is 0.0680. The molecular weight excluding hydrogens is 328 g/mol. The molecule has 2 N–H and O–H groups in total. The Bertz CT molecular complexity index is 1050. The Morgan fingerprint density at radius 2 is 2.08 bits per heavy atom. The molecule has 8 heteroatoms. The van der Waals surface area contributed by atoms with Crippen LogP contribution in [0.5, 0.6) is 0 Å². The molecular formula is C16H16N4O3S. The fourth-order valence-corrected chi connectivity index (χ4v) is 3.28. The average Bonchev–Trinajstić information content (AvgIpc) is 2.98. The zero-order valence-electron chi connectivity index (χ0n) is 13.2. The van der Waals surface area contributed by atoms with E-state index in [9.17, 15) is 13.2 Å². The number of carbonyl (C=O) groups excluding carboxylic acids is 1. The fourth-order valence-electron chi connectivity index (χ4n) is 2.54. The van der Waals surface area contributed by atoms with Crippen molar-refractivity contribution in [2.75, 3.05) is 0 Å². The second kappa shape index (κ2) is 5.81. The number of aryl methyl sites for hydroxylation is 1. The molecule has 0 aliphatic heterocycles. The number of nitrogens with zero attached hydrogens (tertiary/aromatic N) is 3. The van der Waals surface area contributed by atoms with E-state index in [0.717, 1.165) is 5.39 Å². The summed E-state index contributed by atoms with van der Waals surface area (Å²) in [5, 5.41) is 5.82. The van der Waals surface area contributed by atoms with Crippen LogP contribution < -0.4 is 5.14 Å². The van der Waals surface area contributed by atoms with Gasteiger partial charge in [-0.05, 0) is 19.9 Å². The Hall–Kier alpha value is -2.58. The maximum absolute atomic E-state index is 11.7. The number of hydrogen-bond acceptors (Lipinski definition) is 5. The number of aromatic nitrogens is 3. The van der Waals surface area contributed by atoms with Gasteiger partial charge in [0.25, 0.3) is 10.0 Å². The molecule has 0 aliphatic carbocycles. The van der Waals surface area contributed by atoms with E-state index >= 15 is 0 Å². The van der Waals surface area contributed by atoms with Crippen LogP contribution in [0.3, 0.4) is 0 Å². The van der Waals surface area contributed by atoms with Crippen LogP contribution in [0, 0.1) is 0 Å². The molecule has 0 atom stereocenters. The summed E-state index contributed by atoms with van der Waals surface area (Å²) in [4.78, 5) is 20.0. The van der Waals surface area contributed by atoms with Crippen LogP contribution in [0.2, 0.25) is 0 Å². The number of rotatable bonds is 4. The first-order chi connectivity index (χ1) is 11.3. The lowest BCUT2D eigenvalue weighted by molar-refractivity contribution is 0.101. The topological polar surface area (TPSA) is 108 Å². The van der Waals surface area contributed by atoms with Crippen LogP contribution in [-0.4, -0.2) is 28.7 Å². The zero-order chi connectivity index (χ0) is 17.5. The van der Waals surface area contributed by atoms with E-state index in [2.05, 4.69) is 9.97 Å². The third-order valence-corrected chi connectivity index (χ3v) is 4.56. The number of carbonyl (C=O) groups is 1. The Balaban J connectivity index is 2.23. The first-order valence-electron chi connectivity index (χ1n) is 7.31. The number of Topliss-reactive ketones (excluding diaryl/α,β-unsaturated/α-hetero) is 1. The summed E-state index contributed by atoms with van der Waals surface area (Å²) < 4.78 is 24.8. The van der Waals surface area contributed by atoms with Gasteiger partial charge in [-0.2, -0.15) is 0 Å². The molecule has 7 nitrogen and oxygen atoms in total. The molecule has 2 aromatic heterocycles. The van der Waals surface area contributed by atoms with Crippen LogP contribution in [0.4, 0.5) is 0 Å². The van der Waals surface area contributed by atoms with Crippen LogP contribution in [-0.2, 0) is 16.6 Å². The van der Waals surface area contributed by atoms with Gasteiger partial charge in [0.05, 0.1) is 11.2 Å². The van der Waals surface area contributed by atoms with Gasteiger partial charge < -0.3 is 4.57 Å². The highest BCUT2D eigenvalue weighted by Gasteiger charge is 2.19. The summed E-state index contributed by atoms with van der Waals surface area (Å²) >= 11 is 0. The highest BCUT2D eigenvalue weighted by Crippen LogP contribution is 2.28. The van der Waals surface area contributed by atoms with Crippen LogP contribution in [0.25, 0.3) is 22.2 Å². The average molecular weight is 344 g/mol. The van der Waals surface area contributed by atoms with Crippen molar-refractivity contribution in [3.8, 4) is 11.3 Å². The third-order valence-electron chi connectivity index (χ3n) is 3.73. The van der Waals surface area contributed by atoms with Gasteiger partial charge >= 0.3 is 0 Å². The maximum Gasteiger partial charge on any atom is 0.272 e. The van der Waals surface area contributed by atoms with Crippen molar-refractivity contribution in [1.82, 2.24) is 14.5 Å². The molecule has 1 aromatic carbocycles. The van der Waals surface area contributed by atoms with Gasteiger partial charge in [0.2, 0.25) is 5.16 Å². The van der Waals surface area contributed by atoms with Crippen LogP contribution >= 0.6 is 0 Å². The molecule has 24 heavy (non-hydrogen) atoms. The van der Waals surface area contributed by atoms with E-state index in [0.29, 0.717) is 28.9 Å². The predicted molar refractivity (Wildman–Crippen MR) is 90.0 cm³/mol. The van der Waals surface area contributed by atoms with Gasteiger partial charge in [0, 0.05) is 35.5 Å². The van der Waals surface area contributed by atoms with Gasteiger partial charge in [-0.1, -0.05) is 18.2 Å². The summed E-state index contributed by atoms with van der Waals surface area (Å²) in [5.41, 5.74) is 2.31. The smallest absolute Gasteiger partial charge is 0.272 e. The molecule has 0 saturated heterocycles. The maximum atomic E-state index is 11.7. The molecule has 0 bridgehead atoms. The molecule has 0 fully saturated rings. The van der Waals surface area contributed by atoms with Gasteiger partial charge in [-0.3, -0.25) is 9.78 Å². The molecule has 0 spiro atoms. The monoisotopic (exact) mass is 344 g/mol. The number of sulfonamides is 1. The molecule has 0 saturated carbocycles. The Kier molecular flexibility index (Phi) is 3.94. The molecule has 3 aromatic rings. The van der Waals surface area contributed by atoms with E-state index in [4.69, 9.17) is 5.14 Å². The zero-order valence-corrected chi connectivity index (χ0v) is 14.0. The van der Waals surface area contributed by atoms with Gasteiger partial charge in [0.15, 0.2) is 5.78 Å². The standard InChI is InChI=1S/C16H16N4O3S/c1-3-20-9-14(19-16(20)24(17,22)23)13-6-4-5-11-7-12(10(2)21)8-18-15(11)13/h4-9H,3H2,1-2H3,(H2,17,22,23). The minimum Gasteiger partial charge on any atom is -0.320 e. The van der Waals surface area contributed by atoms with Crippen molar-refractivity contribution < 1.29 is 13.2 Å². The number of ketones is 1. The van der Waals surface area contributed by atoms with Gasteiger partial charge in [0.1, 0.15) is 0 Å². The summed E-state index contributed by atoms with van der Waals surface area (Å²) in [5.74, 6) is -0.0680. The lowest BCUT2D eigenvalue weighted by Gasteiger charge is -2.04. The molecule has 0 amide bonds. The highest BCUT2D eigenvalue weighted by atomic mass is 32.2. The first kappa shape index (κ1) is 16.3. The van der Waals surface area contributed by atoms with Crippen molar-refractivity contribution in [3.05, 3.63) is 42.2 Å². The molecule has 0 unspecified atom stereocenters. The number of benzene rings is 1. The number of imidazole rings is 1.